The van der Waals surface area contributed by atoms with Crippen LogP contribution in [0, 0.1) is 0 Å². The molecular formula is C24H26N2O2. The van der Waals surface area contributed by atoms with Crippen LogP contribution in [0.4, 0.5) is 0 Å². The van der Waals surface area contributed by atoms with Crippen molar-refractivity contribution in [2.45, 2.75) is 31.8 Å². The zero-order chi connectivity index (χ0) is 19.3. The number of para-hydroxylation sites is 1. The summed E-state index contributed by atoms with van der Waals surface area (Å²) in [7, 11) is 1.88. The van der Waals surface area contributed by atoms with E-state index < -0.39 is 0 Å². The van der Waals surface area contributed by atoms with E-state index in [9.17, 15) is 4.79 Å². The first-order valence-electron chi connectivity index (χ1n) is 10.0. The Hall–Kier alpha value is -2.72. The molecule has 1 unspecified atom stereocenters. The van der Waals surface area contributed by atoms with Gasteiger partial charge in [-0.2, -0.15) is 0 Å². The Balaban J connectivity index is 1.42. The van der Waals surface area contributed by atoms with Crippen LogP contribution in [0.15, 0.2) is 60.8 Å². The fourth-order valence-corrected chi connectivity index (χ4v) is 3.88. The summed E-state index contributed by atoms with van der Waals surface area (Å²) < 4.78 is 5.66. The topological polar surface area (TPSA) is 42.4 Å². The molecule has 1 atom stereocenters. The zero-order valence-corrected chi connectivity index (χ0v) is 16.3. The lowest BCUT2D eigenvalue weighted by Crippen LogP contribution is -2.28. The average Bonchev–Trinajstić information content (AvgIpc) is 3.26. The number of ether oxygens (including phenoxy) is 1. The quantitative estimate of drug-likeness (QED) is 0.614. The number of rotatable bonds is 6. The SMILES string of the molecule is CN(CCCC1CCCO1)C(=O)c1ccc(-c2cccc3cccnc23)cc1. The lowest BCUT2D eigenvalue weighted by Gasteiger charge is -2.18. The molecule has 2 heterocycles. The van der Waals surface area contributed by atoms with Gasteiger partial charge in [-0.05, 0) is 49.4 Å². The molecule has 4 nitrogen and oxygen atoms in total. The molecule has 1 aromatic heterocycles. The summed E-state index contributed by atoms with van der Waals surface area (Å²) in [6.45, 7) is 1.64. The van der Waals surface area contributed by atoms with E-state index in [1.54, 1.807) is 0 Å². The highest BCUT2D eigenvalue weighted by atomic mass is 16.5. The molecule has 144 valence electrons. The molecular weight excluding hydrogens is 348 g/mol. The van der Waals surface area contributed by atoms with Crippen LogP contribution < -0.4 is 0 Å². The predicted molar refractivity (Wildman–Crippen MR) is 112 cm³/mol. The van der Waals surface area contributed by atoms with Gasteiger partial charge in [0.1, 0.15) is 0 Å². The summed E-state index contributed by atoms with van der Waals surface area (Å²) in [5, 5.41) is 1.12. The van der Waals surface area contributed by atoms with Crippen LogP contribution in [-0.4, -0.2) is 42.1 Å². The van der Waals surface area contributed by atoms with Crippen molar-refractivity contribution < 1.29 is 9.53 Å². The Morgan fingerprint density at radius 3 is 2.75 bits per heavy atom. The van der Waals surface area contributed by atoms with Crippen molar-refractivity contribution >= 4 is 16.8 Å². The third kappa shape index (κ3) is 4.07. The maximum atomic E-state index is 12.7. The maximum Gasteiger partial charge on any atom is 0.253 e. The van der Waals surface area contributed by atoms with Gasteiger partial charge in [-0.15, -0.1) is 0 Å². The minimum absolute atomic E-state index is 0.0648. The van der Waals surface area contributed by atoms with Crippen LogP contribution >= 0.6 is 0 Å². The van der Waals surface area contributed by atoms with Crippen molar-refractivity contribution in [1.29, 1.82) is 0 Å². The number of aromatic nitrogens is 1. The van der Waals surface area contributed by atoms with Crippen molar-refractivity contribution in [3.63, 3.8) is 0 Å². The van der Waals surface area contributed by atoms with Gasteiger partial charge < -0.3 is 9.64 Å². The number of fused-ring (bicyclic) bond motifs is 1. The Morgan fingerprint density at radius 1 is 1.14 bits per heavy atom. The molecule has 4 heteroatoms. The number of carbonyl (C=O) groups excluding carboxylic acids is 1. The molecule has 1 saturated heterocycles. The number of carbonyl (C=O) groups is 1. The summed E-state index contributed by atoms with van der Waals surface area (Å²) in [4.78, 5) is 19.0. The molecule has 1 aliphatic rings. The molecule has 0 spiro atoms. The lowest BCUT2D eigenvalue weighted by molar-refractivity contribution is 0.0763. The first-order chi connectivity index (χ1) is 13.7. The van der Waals surface area contributed by atoms with Crippen LogP contribution in [0.2, 0.25) is 0 Å². The van der Waals surface area contributed by atoms with E-state index in [2.05, 4.69) is 23.2 Å². The standard InChI is InChI=1S/C24H26N2O2/c1-26(16-4-8-21-9-5-17-28-21)24(27)20-13-11-18(12-14-20)22-10-2-6-19-7-3-15-25-23(19)22/h2-3,6-7,10-15,21H,4-5,8-9,16-17H2,1H3. The molecule has 2 aromatic carbocycles. The number of hydrogen-bond acceptors (Lipinski definition) is 3. The fourth-order valence-electron chi connectivity index (χ4n) is 3.88. The Labute approximate surface area is 166 Å². The number of nitrogens with zero attached hydrogens (tertiary/aromatic N) is 2. The van der Waals surface area contributed by atoms with Gasteiger partial charge in [0.25, 0.3) is 5.91 Å². The van der Waals surface area contributed by atoms with Crippen LogP contribution in [0.5, 0.6) is 0 Å². The first kappa shape index (κ1) is 18.6. The molecule has 0 bridgehead atoms. The normalized spacial score (nSPS) is 16.4. The second-order valence-corrected chi connectivity index (χ2v) is 7.46. The third-order valence-electron chi connectivity index (χ3n) is 5.47. The van der Waals surface area contributed by atoms with E-state index in [-0.39, 0.29) is 5.91 Å². The summed E-state index contributed by atoms with van der Waals surface area (Å²) in [6.07, 6.45) is 6.53. The van der Waals surface area contributed by atoms with Gasteiger partial charge in [-0.1, -0.05) is 36.4 Å². The van der Waals surface area contributed by atoms with Gasteiger partial charge in [0.2, 0.25) is 0 Å². The van der Waals surface area contributed by atoms with Crippen LogP contribution in [0.3, 0.4) is 0 Å². The van der Waals surface area contributed by atoms with Crippen LogP contribution in [0.1, 0.15) is 36.0 Å². The maximum absolute atomic E-state index is 12.7. The summed E-state index contributed by atoms with van der Waals surface area (Å²) in [5.74, 6) is 0.0648. The van der Waals surface area contributed by atoms with Crippen LogP contribution in [-0.2, 0) is 4.74 Å². The van der Waals surface area contributed by atoms with E-state index in [4.69, 9.17) is 4.74 Å². The zero-order valence-electron chi connectivity index (χ0n) is 16.3. The highest BCUT2D eigenvalue weighted by molar-refractivity contribution is 5.96. The Bertz CT molecular complexity index is 941. The second kappa shape index (κ2) is 8.53. The van der Waals surface area contributed by atoms with Crippen molar-refractivity contribution in [1.82, 2.24) is 9.88 Å². The van der Waals surface area contributed by atoms with E-state index in [1.807, 2.05) is 54.5 Å². The number of benzene rings is 2. The lowest BCUT2D eigenvalue weighted by atomic mass is 10.0. The van der Waals surface area contributed by atoms with E-state index in [1.165, 1.54) is 0 Å². The minimum Gasteiger partial charge on any atom is -0.378 e. The van der Waals surface area contributed by atoms with Crippen molar-refractivity contribution in [2.24, 2.45) is 0 Å². The molecule has 0 N–H and O–H groups in total. The molecule has 1 fully saturated rings. The van der Waals surface area contributed by atoms with Gasteiger partial charge in [-0.3, -0.25) is 9.78 Å². The van der Waals surface area contributed by atoms with Gasteiger partial charge in [0.15, 0.2) is 0 Å². The fraction of sp³-hybridized carbons (Fsp3) is 0.333. The molecule has 0 aliphatic carbocycles. The number of pyridine rings is 1. The van der Waals surface area contributed by atoms with Crippen molar-refractivity contribution in [3.05, 3.63) is 66.4 Å². The molecule has 3 aromatic rings. The summed E-state index contributed by atoms with van der Waals surface area (Å²) in [6, 6.07) is 18.0. The molecule has 0 radical (unpaired) electrons. The predicted octanol–water partition coefficient (Wildman–Crippen LogP) is 4.93. The first-order valence-corrected chi connectivity index (χ1v) is 10.0. The molecule has 1 amide bonds. The van der Waals surface area contributed by atoms with Gasteiger partial charge in [-0.25, -0.2) is 0 Å². The third-order valence-corrected chi connectivity index (χ3v) is 5.47. The smallest absolute Gasteiger partial charge is 0.253 e. The second-order valence-electron chi connectivity index (χ2n) is 7.46. The van der Waals surface area contributed by atoms with Gasteiger partial charge in [0, 0.05) is 42.9 Å². The van der Waals surface area contributed by atoms with Crippen molar-refractivity contribution in [3.8, 4) is 11.1 Å². The highest BCUT2D eigenvalue weighted by Crippen LogP contribution is 2.27. The van der Waals surface area contributed by atoms with Gasteiger partial charge >= 0.3 is 0 Å². The van der Waals surface area contributed by atoms with Crippen LogP contribution in [0.25, 0.3) is 22.0 Å². The monoisotopic (exact) mass is 374 g/mol. The summed E-state index contributed by atoms with van der Waals surface area (Å²) >= 11 is 0. The Kier molecular flexibility index (Phi) is 5.68. The number of hydrogen-bond donors (Lipinski definition) is 0. The molecule has 1 aliphatic heterocycles. The Morgan fingerprint density at radius 2 is 1.96 bits per heavy atom. The largest absolute Gasteiger partial charge is 0.378 e. The highest BCUT2D eigenvalue weighted by Gasteiger charge is 2.17. The van der Waals surface area contributed by atoms with E-state index in [0.717, 1.165) is 66.4 Å². The average molecular weight is 374 g/mol. The van der Waals surface area contributed by atoms with E-state index in [0.29, 0.717) is 6.10 Å². The molecule has 0 saturated carbocycles. The van der Waals surface area contributed by atoms with E-state index >= 15 is 0 Å². The number of amides is 1. The van der Waals surface area contributed by atoms with Crippen molar-refractivity contribution in [2.75, 3.05) is 20.2 Å². The minimum atomic E-state index is 0.0648. The summed E-state index contributed by atoms with van der Waals surface area (Å²) in [5.41, 5.74) is 3.86. The molecule has 4 rings (SSSR count). The molecule has 28 heavy (non-hydrogen) atoms. The van der Waals surface area contributed by atoms with Gasteiger partial charge in [0.05, 0.1) is 11.6 Å².